The van der Waals surface area contributed by atoms with Crippen LogP contribution < -0.4 is 11.1 Å². The molecule has 2 aromatic rings. The molecule has 100 valence electrons. The maximum absolute atomic E-state index is 12.7. The van der Waals surface area contributed by atoms with Crippen molar-refractivity contribution in [2.45, 2.75) is 11.1 Å². The summed E-state index contributed by atoms with van der Waals surface area (Å²) in [5, 5.41) is 3.19. The van der Waals surface area contributed by atoms with Gasteiger partial charge in [-0.15, -0.1) is 11.8 Å². The summed E-state index contributed by atoms with van der Waals surface area (Å²) in [4.78, 5) is 15.8. The Morgan fingerprint density at radius 3 is 2.74 bits per heavy atom. The number of nitrogens with zero attached hydrogens (tertiary/aromatic N) is 1. The van der Waals surface area contributed by atoms with Crippen molar-refractivity contribution in [3.05, 3.63) is 35.8 Å². The van der Waals surface area contributed by atoms with Crippen molar-refractivity contribution >= 4 is 39.8 Å². The number of nitrogens with two attached hydrogens (primary N) is 1. The molecule has 0 unspecified atom stereocenters. The monoisotopic (exact) mass is 297 g/mol. The highest BCUT2D eigenvalue weighted by Crippen LogP contribution is 2.30. The van der Waals surface area contributed by atoms with Crippen molar-refractivity contribution in [1.82, 2.24) is 4.98 Å². The first-order valence-electron chi connectivity index (χ1n) is 5.45. The van der Waals surface area contributed by atoms with Crippen LogP contribution in [0.15, 0.2) is 28.5 Å². The molecular weight excluding hydrogens is 285 g/mol. The average Bonchev–Trinajstić information content (AvgIpc) is 2.68. The third-order valence-corrected chi connectivity index (χ3v) is 4.58. The van der Waals surface area contributed by atoms with Crippen molar-refractivity contribution in [1.29, 1.82) is 0 Å². The Hall–Kier alpha value is -1.60. The van der Waals surface area contributed by atoms with E-state index in [1.54, 1.807) is 0 Å². The van der Waals surface area contributed by atoms with Crippen LogP contribution in [0.4, 0.5) is 15.2 Å². The Kier molecular flexibility index (Phi) is 4.39. The third kappa shape index (κ3) is 3.93. The van der Waals surface area contributed by atoms with Crippen molar-refractivity contribution in [3.8, 4) is 0 Å². The van der Waals surface area contributed by atoms with Gasteiger partial charge in [0, 0.05) is 5.69 Å². The molecule has 0 bridgehead atoms. The van der Waals surface area contributed by atoms with Gasteiger partial charge in [-0.2, -0.15) is 0 Å². The van der Waals surface area contributed by atoms with Crippen LogP contribution in [-0.4, -0.2) is 16.6 Å². The van der Waals surface area contributed by atoms with Crippen LogP contribution in [0.3, 0.4) is 0 Å². The summed E-state index contributed by atoms with van der Waals surface area (Å²) in [7, 11) is 0. The molecule has 1 heterocycles. The first-order valence-corrected chi connectivity index (χ1v) is 7.26. The van der Waals surface area contributed by atoms with Crippen LogP contribution in [0.1, 0.15) is 5.69 Å². The minimum absolute atomic E-state index is 0.150. The lowest BCUT2D eigenvalue weighted by atomic mass is 10.3. The lowest BCUT2D eigenvalue weighted by Gasteiger charge is -2.04. The highest BCUT2D eigenvalue weighted by atomic mass is 32.2. The second-order valence-electron chi connectivity index (χ2n) is 3.77. The summed E-state index contributed by atoms with van der Waals surface area (Å²) in [5.74, 6) is -0.217. The summed E-state index contributed by atoms with van der Waals surface area (Å²) in [6.07, 6.45) is 0. The molecule has 1 aromatic carbocycles. The molecule has 0 aliphatic heterocycles. The summed E-state index contributed by atoms with van der Waals surface area (Å²) < 4.78 is 13.6. The predicted molar refractivity (Wildman–Crippen MR) is 77.0 cm³/mol. The van der Waals surface area contributed by atoms with Crippen molar-refractivity contribution in [2.24, 2.45) is 0 Å². The molecule has 1 aromatic heterocycles. The fourth-order valence-electron chi connectivity index (χ4n) is 1.40. The zero-order chi connectivity index (χ0) is 13.8. The molecule has 4 nitrogen and oxygen atoms in total. The number of anilines is 2. The zero-order valence-corrected chi connectivity index (χ0v) is 11.8. The molecule has 0 saturated carbocycles. The molecule has 0 spiro atoms. The summed E-state index contributed by atoms with van der Waals surface area (Å²) >= 11 is 2.75. The number of aryl methyl sites for hydroxylation is 1. The van der Waals surface area contributed by atoms with Crippen molar-refractivity contribution in [3.63, 3.8) is 0 Å². The van der Waals surface area contributed by atoms with E-state index in [-0.39, 0.29) is 17.5 Å². The highest BCUT2D eigenvalue weighted by molar-refractivity contribution is 8.01. The molecule has 0 aliphatic rings. The third-order valence-electron chi connectivity index (χ3n) is 2.23. The molecule has 0 radical (unpaired) electrons. The smallest absolute Gasteiger partial charge is 0.234 e. The lowest BCUT2D eigenvalue weighted by Crippen LogP contribution is -2.13. The molecule has 1 amide bonds. The number of amides is 1. The molecule has 7 heteroatoms. The van der Waals surface area contributed by atoms with Gasteiger partial charge >= 0.3 is 0 Å². The van der Waals surface area contributed by atoms with E-state index in [2.05, 4.69) is 10.3 Å². The maximum Gasteiger partial charge on any atom is 0.234 e. The van der Waals surface area contributed by atoms with E-state index in [9.17, 15) is 9.18 Å². The molecule has 0 atom stereocenters. The predicted octanol–water partition coefficient (Wildman–Crippen LogP) is 2.90. The van der Waals surface area contributed by atoms with Crippen molar-refractivity contribution in [2.75, 3.05) is 16.8 Å². The van der Waals surface area contributed by atoms with Gasteiger partial charge in [0.25, 0.3) is 0 Å². The SMILES string of the molecule is Cc1nc(N)sc1SCC(=O)Nc1ccc(F)cc1. The Balaban J connectivity index is 1.88. The van der Waals surface area contributed by atoms with Gasteiger partial charge in [-0.3, -0.25) is 4.79 Å². The van der Waals surface area contributed by atoms with Crippen molar-refractivity contribution < 1.29 is 9.18 Å². The molecule has 3 N–H and O–H groups in total. The standard InChI is InChI=1S/C12H12FN3OS2/c1-7-11(19-12(14)15-7)18-6-10(17)16-9-4-2-8(13)3-5-9/h2-5H,6H2,1H3,(H2,14,15)(H,16,17). The second-order valence-corrected chi connectivity index (χ2v) is 6.04. The Morgan fingerprint density at radius 1 is 1.47 bits per heavy atom. The molecule has 0 aliphatic carbocycles. The molecular formula is C12H12FN3OS2. The van der Waals surface area contributed by atoms with E-state index in [1.165, 1.54) is 47.4 Å². The number of hydrogen-bond acceptors (Lipinski definition) is 5. The quantitative estimate of drug-likeness (QED) is 0.851. The van der Waals surface area contributed by atoms with Gasteiger partial charge in [-0.25, -0.2) is 9.37 Å². The highest BCUT2D eigenvalue weighted by Gasteiger charge is 2.09. The number of halogens is 1. The Bertz CT molecular complexity index is 583. The Labute approximate surface area is 118 Å². The number of carbonyl (C=O) groups excluding carboxylic acids is 1. The molecule has 0 fully saturated rings. The van der Waals surface area contributed by atoms with E-state index in [1.807, 2.05) is 6.92 Å². The largest absolute Gasteiger partial charge is 0.375 e. The Morgan fingerprint density at radius 2 is 2.16 bits per heavy atom. The summed E-state index contributed by atoms with van der Waals surface area (Å²) in [6.45, 7) is 1.85. The molecule has 2 rings (SSSR count). The first-order chi connectivity index (χ1) is 9.04. The number of benzene rings is 1. The van der Waals surface area contributed by atoms with Crippen LogP contribution in [0.25, 0.3) is 0 Å². The van der Waals surface area contributed by atoms with E-state index >= 15 is 0 Å². The van der Waals surface area contributed by atoms with E-state index < -0.39 is 0 Å². The first kappa shape index (κ1) is 13.8. The lowest BCUT2D eigenvalue weighted by molar-refractivity contribution is -0.113. The maximum atomic E-state index is 12.7. The number of rotatable bonds is 4. The average molecular weight is 297 g/mol. The van der Waals surface area contributed by atoms with Gasteiger partial charge in [0.2, 0.25) is 5.91 Å². The van der Waals surface area contributed by atoms with Crippen LogP contribution in [-0.2, 0) is 4.79 Å². The van der Waals surface area contributed by atoms with E-state index in [0.717, 1.165) is 9.90 Å². The van der Waals surface area contributed by atoms with Gasteiger partial charge in [0.1, 0.15) is 5.82 Å². The van der Waals surface area contributed by atoms with Gasteiger partial charge in [-0.05, 0) is 31.2 Å². The molecule has 19 heavy (non-hydrogen) atoms. The number of thiazole rings is 1. The second kappa shape index (κ2) is 6.03. The number of hydrogen-bond donors (Lipinski definition) is 2. The zero-order valence-electron chi connectivity index (χ0n) is 10.1. The number of nitrogens with one attached hydrogen (secondary N) is 1. The fraction of sp³-hybridized carbons (Fsp3) is 0.167. The van der Waals surface area contributed by atoms with Crippen LogP contribution in [0.5, 0.6) is 0 Å². The van der Waals surface area contributed by atoms with Crippen LogP contribution in [0, 0.1) is 12.7 Å². The number of nitrogen functional groups attached to an aromatic ring is 1. The van der Waals surface area contributed by atoms with Gasteiger partial charge in [0.15, 0.2) is 5.13 Å². The summed E-state index contributed by atoms with van der Waals surface area (Å²) in [6, 6.07) is 5.65. The van der Waals surface area contributed by atoms with Gasteiger partial charge < -0.3 is 11.1 Å². The molecule has 0 saturated heterocycles. The van der Waals surface area contributed by atoms with E-state index in [4.69, 9.17) is 5.73 Å². The van der Waals surface area contributed by atoms with E-state index in [0.29, 0.717) is 10.8 Å². The normalized spacial score (nSPS) is 10.4. The number of thioether (sulfide) groups is 1. The topological polar surface area (TPSA) is 68.0 Å². The van der Waals surface area contributed by atoms with Crippen LogP contribution in [0.2, 0.25) is 0 Å². The minimum atomic E-state index is -0.330. The number of carbonyl (C=O) groups is 1. The van der Waals surface area contributed by atoms with Gasteiger partial charge in [0.05, 0.1) is 15.7 Å². The number of aromatic nitrogens is 1. The minimum Gasteiger partial charge on any atom is -0.375 e. The fourth-order valence-corrected chi connectivity index (χ4v) is 3.22. The van der Waals surface area contributed by atoms with Crippen LogP contribution >= 0.6 is 23.1 Å². The summed E-state index contributed by atoms with van der Waals surface area (Å²) in [5.41, 5.74) is 6.99. The van der Waals surface area contributed by atoms with Gasteiger partial charge in [-0.1, -0.05) is 11.3 Å².